The van der Waals surface area contributed by atoms with Crippen LogP contribution in [-0.2, 0) is 26.2 Å². The van der Waals surface area contributed by atoms with Crippen molar-refractivity contribution in [3.05, 3.63) is 41.5 Å². The first-order chi connectivity index (χ1) is 9.78. The van der Waals surface area contributed by atoms with Crippen LogP contribution in [0.3, 0.4) is 0 Å². The van der Waals surface area contributed by atoms with Crippen molar-refractivity contribution < 1.29 is 17.9 Å². The fourth-order valence-corrected chi connectivity index (χ4v) is 2.63. The van der Waals surface area contributed by atoms with E-state index in [0.717, 1.165) is 10.7 Å². The first-order valence-electron chi connectivity index (χ1n) is 6.64. The summed E-state index contributed by atoms with van der Waals surface area (Å²) in [6.07, 6.45) is 2.55. The lowest BCUT2D eigenvalue weighted by molar-refractivity contribution is -0.140. The van der Waals surface area contributed by atoms with Gasteiger partial charge in [-0.15, -0.1) is 0 Å². The maximum absolute atomic E-state index is 12.0. The van der Waals surface area contributed by atoms with E-state index in [1.54, 1.807) is 25.1 Å². The molecule has 0 saturated heterocycles. The van der Waals surface area contributed by atoms with Gasteiger partial charge >= 0.3 is 5.97 Å². The predicted octanol–water partition coefficient (Wildman–Crippen LogP) is 2.34. The lowest BCUT2D eigenvalue weighted by Gasteiger charge is -2.12. The molecule has 0 aliphatic carbocycles. The molecule has 1 aromatic carbocycles. The van der Waals surface area contributed by atoms with E-state index in [2.05, 4.69) is 0 Å². The Morgan fingerprint density at radius 1 is 1.33 bits per heavy atom. The Hall–Kier alpha value is -1.66. The van der Waals surface area contributed by atoms with Crippen molar-refractivity contribution in [2.75, 3.05) is 14.1 Å². The lowest BCUT2D eigenvalue weighted by atomic mass is 10.2. The second-order valence-corrected chi connectivity index (χ2v) is 6.96. The molecule has 0 heterocycles. The maximum Gasteiger partial charge on any atom is 0.333 e. The minimum absolute atomic E-state index is 0.0461. The molecule has 1 rings (SSSR count). The van der Waals surface area contributed by atoms with E-state index >= 15 is 0 Å². The third-order valence-electron chi connectivity index (χ3n) is 2.88. The number of esters is 1. The monoisotopic (exact) mass is 311 g/mol. The van der Waals surface area contributed by atoms with E-state index in [0.29, 0.717) is 11.1 Å². The van der Waals surface area contributed by atoms with Crippen LogP contribution in [0.1, 0.15) is 25.8 Å². The summed E-state index contributed by atoms with van der Waals surface area (Å²) >= 11 is 0. The molecule has 0 spiro atoms. The number of rotatable bonds is 6. The van der Waals surface area contributed by atoms with Gasteiger partial charge in [0.25, 0.3) is 0 Å². The van der Waals surface area contributed by atoms with E-state index in [4.69, 9.17) is 4.74 Å². The van der Waals surface area contributed by atoms with Gasteiger partial charge in [-0.05, 0) is 31.0 Å². The SMILES string of the molecule is CC/C=C(/C)C(=O)OCc1cccc(S(=O)(=O)N(C)C)c1. The Bertz CT molecular complexity index is 633. The van der Waals surface area contributed by atoms with Gasteiger partial charge in [-0.2, -0.15) is 0 Å². The summed E-state index contributed by atoms with van der Waals surface area (Å²) < 4.78 is 30.3. The molecule has 0 radical (unpaired) electrons. The van der Waals surface area contributed by atoms with E-state index in [-0.39, 0.29) is 11.5 Å². The van der Waals surface area contributed by atoms with Crippen LogP contribution in [0, 0.1) is 0 Å². The Morgan fingerprint density at radius 2 is 2.00 bits per heavy atom. The molecule has 0 atom stereocenters. The first-order valence-corrected chi connectivity index (χ1v) is 8.08. The minimum Gasteiger partial charge on any atom is -0.457 e. The minimum atomic E-state index is -3.48. The topological polar surface area (TPSA) is 63.7 Å². The summed E-state index contributed by atoms with van der Waals surface area (Å²) in [7, 11) is -0.535. The van der Waals surface area contributed by atoms with Crippen molar-refractivity contribution >= 4 is 16.0 Å². The number of ether oxygens (including phenoxy) is 1. The standard InChI is InChI=1S/C15H21NO4S/c1-5-7-12(2)15(17)20-11-13-8-6-9-14(10-13)21(18,19)16(3)4/h6-10H,5,11H2,1-4H3/b12-7-. The van der Waals surface area contributed by atoms with Gasteiger partial charge in [-0.25, -0.2) is 17.5 Å². The van der Waals surface area contributed by atoms with Crippen LogP contribution < -0.4 is 0 Å². The number of hydrogen-bond acceptors (Lipinski definition) is 4. The molecule has 0 unspecified atom stereocenters. The van der Waals surface area contributed by atoms with Crippen molar-refractivity contribution in [2.45, 2.75) is 31.8 Å². The van der Waals surface area contributed by atoms with Crippen molar-refractivity contribution in [1.82, 2.24) is 4.31 Å². The molecule has 0 N–H and O–H groups in total. The van der Waals surface area contributed by atoms with Crippen LogP contribution in [0.5, 0.6) is 0 Å². The Balaban J connectivity index is 2.84. The summed E-state index contributed by atoms with van der Waals surface area (Å²) in [6, 6.07) is 6.39. The summed E-state index contributed by atoms with van der Waals surface area (Å²) in [5.74, 6) is -0.391. The van der Waals surface area contributed by atoms with Gasteiger partial charge in [-0.3, -0.25) is 0 Å². The van der Waals surface area contributed by atoms with E-state index < -0.39 is 16.0 Å². The summed E-state index contributed by atoms with van der Waals surface area (Å²) in [5, 5.41) is 0. The number of sulfonamides is 1. The molecular weight excluding hydrogens is 290 g/mol. The van der Waals surface area contributed by atoms with Gasteiger partial charge in [0.05, 0.1) is 4.90 Å². The smallest absolute Gasteiger partial charge is 0.333 e. The van der Waals surface area contributed by atoms with Crippen LogP contribution in [0.15, 0.2) is 40.8 Å². The van der Waals surface area contributed by atoms with Crippen molar-refractivity contribution in [2.24, 2.45) is 0 Å². The normalized spacial score (nSPS) is 12.5. The van der Waals surface area contributed by atoms with Crippen LogP contribution in [0.25, 0.3) is 0 Å². The molecule has 5 nitrogen and oxygen atoms in total. The molecule has 0 bridgehead atoms. The summed E-state index contributed by atoms with van der Waals surface area (Å²) in [5.41, 5.74) is 1.19. The van der Waals surface area contributed by atoms with Gasteiger partial charge in [-0.1, -0.05) is 25.1 Å². The zero-order valence-electron chi connectivity index (χ0n) is 12.8. The highest BCUT2D eigenvalue weighted by atomic mass is 32.2. The quantitative estimate of drug-likeness (QED) is 0.597. The molecule has 1 aromatic rings. The third kappa shape index (κ3) is 4.68. The molecule has 21 heavy (non-hydrogen) atoms. The fraction of sp³-hybridized carbons (Fsp3) is 0.400. The largest absolute Gasteiger partial charge is 0.457 e. The predicted molar refractivity (Wildman–Crippen MR) is 81.2 cm³/mol. The van der Waals surface area contributed by atoms with Crippen LogP contribution >= 0.6 is 0 Å². The van der Waals surface area contributed by atoms with E-state index in [1.165, 1.54) is 26.2 Å². The molecular formula is C15H21NO4S. The lowest BCUT2D eigenvalue weighted by Crippen LogP contribution is -2.22. The molecule has 0 aliphatic rings. The van der Waals surface area contributed by atoms with Crippen LogP contribution in [0.4, 0.5) is 0 Å². The number of allylic oxidation sites excluding steroid dienone is 1. The van der Waals surface area contributed by atoms with Crippen molar-refractivity contribution in [3.63, 3.8) is 0 Å². The molecule has 116 valence electrons. The average Bonchev–Trinajstić information content (AvgIpc) is 2.45. The summed E-state index contributed by atoms with van der Waals surface area (Å²) in [6.45, 7) is 3.68. The van der Waals surface area contributed by atoms with Crippen LogP contribution in [-0.4, -0.2) is 32.8 Å². The van der Waals surface area contributed by atoms with Gasteiger partial charge in [0.2, 0.25) is 10.0 Å². The second-order valence-electron chi connectivity index (χ2n) is 4.81. The molecule has 6 heteroatoms. The number of carbonyl (C=O) groups is 1. The van der Waals surface area contributed by atoms with Gasteiger partial charge in [0.1, 0.15) is 6.61 Å². The Morgan fingerprint density at radius 3 is 2.57 bits per heavy atom. The van der Waals surface area contributed by atoms with Crippen molar-refractivity contribution in [1.29, 1.82) is 0 Å². The highest BCUT2D eigenvalue weighted by molar-refractivity contribution is 7.89. The number of benzene rings is 1. The maximum atomic E-state index is 12.0. The molecule has 0 aromatic heterocycles. The van der Waals surface area contributed by atoms with Gasteiger partial charge in [0.15, 0.2) is 0 Å². The number of hydrogen-bond donors (Lipinski definition) is 0. The zero-order valence-corrected chi connectivity index (χ0v) is 13.6. The third-order valence-corrected chi connectivity index (χ3v) is 4.69. The van der Waals surface area contributed by atoms with E-state index in [9.17, 15) is 13.2 Å². The average molecular weight is 311 g/mol. The number of nitrogens with zero attached hydrogens (tertiary/aromatic N) is 1. The highest BCUT2D eigenvalue weighted by Crippen LogP contribution is 2.15. The van der Waals surface area contributed by atoms with Gasteiger partial charge < -0.3 is 4.74 Å². The second kappa shape index (κ2) is 7.38. The molecule has 0 saturated carbocycles. The molecule has 0 fully saturated rings. The highest BCUT2D eigenvalue weighted by Gasteiger charge is 2.17. The molecule has 0 aliphatic heterocycles. The van der Waals surface area contributed by atoms with Crippen LogP contribution in [0.2, 0.25) is 0 Å². The fourth-order valence-electron chi connectivity index (χ4n) is 1.66. The summed E-state index contributed by atoms with van der Waals surface area (Å²) in [4.78, 5) is 11.9. The van der Waals surface area contributed by atoms with E-state index in [1.807, 2.05) is 6.92 Å². The Labute approximate surface area is 126 Å². The first kappa shape index (κ1) is 17.4. The van der Waals surface area contributed by atoms with Crippen molar-refractivity contribution in [3.8, 4) is 0 Å². The number of carbonyl (C=O) groups excluding carboxylic acids is 1. The molecule has 0 amide bonds. The zero-order chi connectivity index (χ0) is 16.0. The Kier molecular flexibility index (Phi) is 6.11. The van der Waals surface area contributed by atoms with Gasteiger partial charge in [0, 0.05) is 19.7 Å².